The highest BCUT2D eigenvalue weighted by molar-refractivity contribution is 5.98. The molecule has 0 aliphatic rings. The van der Waals surface area contributed by atoms with Crippen LogP contribution in [0, 0.1) is 0 Å². The molecule has 2 aromatic heterocycles. The predicted octanol–water partition coefficient (Wildman–Crippen LogP) is 3.05. The fourth-order valence-electron chi connectivity index (χ4n) is 2.92. The minimum absolute atomic E-state index is 0.0621. The van der Waals surface area contributed by atoms with Gasteiger partial charge in [0.25, 0.3) is 0 Å². The molecule has 6 nitrogen and oxygen atoms in total. The van der Waals surface area contributed by atoms with E-state index in [1.54, 1.807) is 31.4 Å². The molecule has 0 aliphatic carbocycles. The van der Waals surface area contributed by atoms with E-state index in [9.17, 15) is 9.59 Å². The fraction of sp³-hybridized carbons (Fsp3) is 0.286. The number of imidazole rings is 1. The van der Waals surface area contributed by atoms with E-state index in [2.05, 4.69) is 14.7 Å². The summed E-state index contributed by atoms with van der Waals surface area (Å²) in [6.07, 6.45) is 5.77. The van der Waals surface area contributed by atoms with Crippen molar-refractivity contribution in [1.82, 2.24) is 14.7 Å². The van der Waals surface area contributed by atoms with Gasteiger partial charge in [-0.15, -0.1) is 0 Å². The summed E-state index contributed by atoms with van der Waals surface area (Å²) in [6, 6.07) is 12.9. The second kappa shape index (κ2) is 8.98. The Morgan fingerprint density at radius 3 is 2.89 bits per heavy atom. The molecule has 1 aromatic carbocycles. The molecule has 0 saturated heterocycles. The average molecular weight is 365 g/mol. The summed E-state index contributed by atoms with van der Waals surface area (Å²) in [6.45, 7) is 0.563. The van der Waals surface area contributed by atoms with Gasteiger partial charge in [0.1, 0.15) is 11.6 Å². The summed E-state index contributed by atoms with van der Waals surface area (Å²) in [4.78, 5) is 28.6. The van der Waals surface area contributed by atoms with Crippen LogP contribution in [0.2, 0.25) is 0 Å². The Kier molecular flexibility index (Phi) is 6.20. The summed E-state index contributed by atoms with van der Waals surface area (Å²) in [5.74, 6) is 1.44. The molecule has 0 fully saturated rings. The van der Waals surface area contributed by atoms with Crippen LogP contribution in [0.5, 0.6) is 5.75 Å². The van der Waals surface area contributed by atoms with E-state index in [1.165, 1.54) is 0 Å². The monoisotopic (exact) mass is 365 g/mol. The number of hydrogen-bond acceptors (Lipinski definition) is 4. The Labute approximate surface area is 158 Å². The van der Waals surface area contributed by atoms with Crippen molar-refractivity contribution < 1.29 is 14.3 Å². The van der Waals surface area contributed by atoms with Crippen LogP contribution in [-0.2, 0) is 11.2 Å². The Bertz CT molecular complexity index is 933. The molecule has 27 heavy (non-hydrogen) atoms. The lowest BCUT2D eigenvalue weighted by molar-refractivity contribution is -0.121. The third-order valence-corrected chi connectivity index (χ3v) is 4.39. The number of rotatable bonds is 9. The largest absolute Gasteiger partial charge is 0.497 e. The molecule has 0 atom stereocenters. The SMILES string of the molecule is COc1cccc(C(=O)CCC(=O)NCCCc2ncc3ccccn23)c1. The lowest BCUT2D eigenvalue weighted by Gasteiger charge is -2.06. The van der Waals surface area contributed by atoms with Gasteiger partial charge < -0.3 is 14.5 Å². The molecule has 1 amide bonds. The van der Waals surface area contributed by atoms with Gasteiger partial charge in [0.05, 0.1) is 18.8 Å². The summed E-state index contributed by atoms with van der Waals surface area (Å²) in [7, 11) is 1.56. The van der Waals surface area contributed by atoms with Crippen LogP contribution in [0.15, 0.2) is 54.9 Å². The lowest BCUT2D eigenvalue weighted by Crippen LogP contribution is -2.25. The van der Waals surface area contributed by atoms with E-state index in [1.807, 2.05) is 30.6 Å². The van der Waals surface area contributed by atoms with E-state index < -0.39 is 0 Å². The minimum atomic E-state index is -0.112. The molecule has 0 radical (unpaired) electrons. The number of hydrogen-bond donors (Lipinski definition) is 1. The quantitative estimate of drug-likeness (QED) is 0.467. The topological polar surface area (TPSA) is 72.7 Å². The summed E-state index contributed by atoms with van der Waals surface area (Å²) in [5.41, 5.74) is 1.63. The van der Waals surface area contributed by atoms with Gasteiger partial charge >= 0.3 is 0 Å². The van der Waals surface area contributed by atoms with Crippen molar-refractivity contribution in [2.75, 3.05) is 13.7 Å². The van der Waals surface area contributed by atoms with Crippen LogP contribution in [-0.4, -0.2) is 34.7 Å². The Hall–Kier alpha value is -3.15. The van der Waals surface area contributed by atoms with Gasteiger partial charge in [-0.05, 0) is 30.7 Å². The number of nitrogens with zero attached hydrogens (tertiary/aromatic N) is 2. The number of nitrogens with one attached hydrogen (secondary N) is 1. The number of ether oxygens (including phenoxy) is 1. The number of carbonyl (C=O) groups is 2. The number of ketones is 1. The van der Waals surface area contributed by atoms with E-state index in [4.69, 9.17) is 4.74 Å². The summed E-state index contributed by atoms with van der Waals surface area (Å²) >= 11 is 0. The van der Waals surface area contributed by atoms with Crippen molar-refractivity contribution >= 4 is 17.2 Å². The summed E-state index contributed by atoms with van der Waals surface area (Å²) in [5, 5.41) is 2.87. The van der Waals surface area contributed by atoms with Crippen molar-refractivity contribution in [1.29, 1.82) is 0 Å². The number of carbonyl (C=O) groups excluding carboxylic acids is 2. The van der Waals surface area contributed by atoms with Crippen LogP contribution < -0.4 is 10.1 Å². The first-order chi connectivity index (χ1) is 13.2. The third kappa shape index (κ3) is 4.94. The van der Waals surface area contributed by atoms with Gasteiger partial charge in [-0.3, -0.25) is 9.59 Å². The maximum atomic E-state index is 12.2. The van der Waals surface area contributed by atoms with Crippen LogP contribution in [0.25, 0.3) is 5.52 Å². The minimum Gasteiger partial charge on any atom is -0.497 e. The van der Waals surface area contributed by atoms with Crippen molar-refractivity contribution in [2.24, 2.45) is 0 Å². The van der Waals surface area contributed by atoms with Gasteiger partial charge in [-0.2, -0.15) is 0 Å². The van der Waals surface area contributed by atoms with Gasteiger partial charge in [-0.25, -0.2) is 4.98 Å². The highest BCUT2D eigenvalue weighted by Crippen LogP contribution is 2.14. The van der Waals surface area contributed by atoms with E-state index >= 15 is 0 Å². The summed E-state index contributed by atoms with van der Waals surface area (Å²) < 4.78 is 7.17. The number of aromatic nitrogens is 2. The fourth-order valence-corrected chi connectivity index (χ4v) is 2.92. The smallest absolute Gasteiger partial charge is 0.220 e. The van der Waals surface area contributed by atoms with E-state index in [0.29, 0.717) is 17.9 Å². The molecular formula is C21H23N3O3. The predicted molar refractivity (Wildman–Crippen MR) is 103 cm³/mol. The molecule has 3 rings (SSSR count). The molecule has 0 unspecified atom stereocenters. The van der Waals surface area contributed by atoms with Crippen molar-refractivity contribution in [3.8, 4) is 5.75 Å². The van der Waals surface area contributed by atoms with Crippen molar-refractivity contribution in [3.05, 3.63) is 66.2 Å². The zero-order valence-corrected chi connectivity index (χ0v) is 15.4. The molecule has 0 bridgehead atoms. The second-order valence-electron chi connectivity index (χ2n) is 6.28. The normalized spacial score (nSPS) is 10.7. The first-order valence-electron chi connectivity index (χ1n) is 9.02. The molecule has 1 N–H and O–H groups in total. The number of amides is 1. The molecule has 140 valence electrons. The second-order valence-corrected chi connectivity index (χ2v) is 6.28. The van der Waals surface area contributed by atoms with Gasteiger partial charge in [0.2, 0.25) is 5.91 Å². The number of Topliss-reactive ketones (excluding diaryl/α,β-unsaturated/α-hetero) is 1. The highest BCUT2D eigenvalue weighted by atomic mass is 16.5. The number of methoxy groups -OCH3 is 1. The number of benzene rings is 1. The zero-order valence-electron chi connectivity index (χ0n) is 15.4. The lowest BCUT2D eigenvalue weighted by atomic mass is 10.1. The average Bonchev–Trinajstić information content (AvgIpc) is 3.12. The Morgan fingerprint density at radius 2 is 2.04 bits per heavy atom. The number of fused-ring (bicyclic) bond motifs is 1. The standard InChI is InChI=1S/C21H23N3O3/c1-27-18-8-4-6-16(14-18)19(25)10-11-21(26)22-12-5-9-20-23-15-17-7-2-3-13-24(17)20/h2-4,6-8,13-15H,5,9-12H2,1H3,(H,22,26). The first kappa shape index (κ1) is 18.6. The number of aryl methyl sites for hydroxylation is 1. The molecule has 2 heterocycles. The Morgan fingerprint density at radius 1 is 1.15 bits per heavy atom. The molecule has 0 saturated carbocycles. The van der Waals surface area contributed by atoms with E-state index in [-0.39, 0.29) is 24.5 Å². The van der Waals surface area contributed by atoms with Crippen LogP contribution >= 0.6 is 0 Å². The molecule has 0 aliphatic heterocycles. The van der Waals surface area contributed by atoms with Crippen LogP contribution in [0.1, 0.15) is 35.4 Å². The molecule has 3 aromatic rings. The van der Waals surface area contributed by atoms with Gasteiger partial charge in [0, 0.05) is 37.6 Å². The Balaban J connectivity index is 1.39. The van der Waals surface area contributed by atoms with Gasteiger partial charge in [-0.1, -0.05) is 18.2 Å². The number of pyridine rings is 1. The first-order valence-corrected chi connectivity index (χ1v) is 9.02. The molecule has 0 spiro atoms. The highest BCUT2D eigenvalue weighted by Gasteiger charge is 2.10. The van der Waals surface area contributed by atoms with E-state index in [0.717, 1.165) is 24.2 Å². The zero-order chi connectivity index (χ0) is 19.1. The van der Waals surface area contributed by atoms with Crippen LogP contribution in [0.4, 0.5) is 0 Å². The van der Waals surface area contributed by atoms with Gasteiger partial charge in [0.15, 0.2) is 5.78 Å². The van der Waals surface area contributed by atoms with Crippen LogP contribution in [0.3, 0.4) is 0 Å². The van der Waals surface area contributed by atoms with Crippen molar-refractivity contribution in [2.45, 2.75) is 25.7 Å². The molecular weight excluding hydrogens is 342 g/mol. The van der Waals surface area contributed by atoms with Crippen molar-refractivity contribution in [3.63, 3.8) is 0 Å². The maximum absolute atomic E-state index is 12.2. The maximum Gasteiger partial charge on any atom is 0.220 e. The third-order valence-electron chi connectivity index (χ3n) is 4.39. The molecule has 6 heteroatoms.